The van der Waals surface area contributed by atoms with Crippen molar-refractivity contribution in [2.24, 2.45) is 5.92 Å². The average molecular weight is 760 g/mol. The molecule has 0 bridgehead atoms. The van der Waals surface area contributed by atoms with Gasteiger partial charge in [-0.25, -0.2) is 4.98 Å². The fourth-order valence-corrected chi connectivity index (χ4v) is 8.97. The van der Waals surface area contributed by atoms with Gasteiger partial charge in [-0.1, -0.05) is 146 Å². The molecule has 59 heavy (non-hydrogen) atoms. The van der Waals surface area contributed by atoms with Crippen LogP contribution in [0.4, 0.5) is 0 Å². The summed E-state index contributed by atoms with van der Waals surface area (Å²) in [4.78, 5) is 5.58. The zero-order valence-electron chi connectivity index (χ0n) is 33.4. The highest BCUT2D eigenvalue weighted by Crippen LogP contribution is 2.47. The Balaban J connectivity index is 0.00000221. The predicted molar refractivity (Wildman–Crippen MR) is 251 cm³/mol. The van der Waals surface area contributed by atoms with Gasteiger partial charge in [0, 0.05) is 34.4 Å². The Morgan fingerprint density at radius 1 is 0.763 bits per heavy atom. The molecule has 0 radical (unpaired) electrons. The molecule has 4 aliphatic carbocycles. The number of allylic oxidation sites excluding steroid dienone is 16. The van der Waals surface area contributed by atoms with Crippen molar-refractivity contribution in [3.05, 3.63) is 232 Å². The topological polar surface area (TPSA) is 48.8 Å². The molecule has 2 N–H and O–H groups in total. The summed E-state index contributed by atoms with van der Waals surface area (Å²) in [5.41, 5.74) is 22.2. The van der Waals surface area contributed by atoms with Crippen molar-refractivity contribution < 1.29 is 0 Å². The van der Waals surface area contributed by atoms with Crippen LogP contribution in [0.5, 0.6) is 0 Å². The molecule has 5 aromatic rings. The van der Waals surface area contributed by atoms with E-state index in [0.717, 1.165) is 51.3 Å². The molecule has 0 spiro atoms. The first kappa shape index (κ1) is 37.3. The summed E-state index contributed by atoms with van der Waals surface area (Å²) in [7, 11) is 0. The highest BCUT2D eigenvalue weighted by atomic mass is 14.9. The Kier molecular flexibility index (Phi) is 10.3. The molecule has 10 rings (SSSR count). The minimum atomic E-state index is 0.188. The lowest BCUT2D eigenvalue weighted by Gasteiger charge is -2.32. The first-order valence-corrected chi connectivity index (χ1v) is 20.3. The Morgan fingerprint density at radius 3 is 2.37 bits per heavy atom. The van der Waals surface area contributed by atoms with Crippen LogP contribution in [0, 0.1) is 11.3 Å². The van der Waals surface area contributed by atoms with E-state index in [1.165, 1.54) is 55.5 Å². The molecule has 2 heterocycles. The lowest BCUT2D eigenvalue weighted by atomic mass is 9.72. The number of benzene rings is 4. The van der Waals surface area contributed by atoms with Crippen molar-refractivity contribution in [1.29, 1.82) is 5.41 Å². The molecule has 3 nitrogen and oxygen atoms in total. The zero-order valence-corrected chi connectivity index (χ0v) is 33.4. The monoisotopic (exact) mass is 759 g/mol. The molecule has 4 aromatic carbocycles. The maximum absolute atomic E-state index is 5.58. The van der Waals surface area contributed by atoms with Crippen molar-refractivity contribution in [2.75, 3.05) is 0 Å². The second kappa shape index (κ2) is 16.3. The van der Waals surface area contributed by atoms with Gasteiger partial charge in [0.25, 0.3) is 0 Å². The van der Waals surface area contributed by atoms with Crippen LogP contribution >= 0.6 is 0 Å². The fourth-order valence-electron chi connectivity index (χ4n) is 8.97. The third-order valence-electron chi connectivity index (χ3n) is 11.8. The van der Waals surface area contributed by atoms with E-state index in [9.17, 15) is 0 Å². The summed E-state index contributed by atoms with van der Waals surface area (Å²) < 4.78 is 0. The minimum absolute atomic E-state index is 0.188. The number of hydrogen-bond donors (Lipinski definition) is 2. The molecule has 1 aromatic heterocycles. The quantitative estimate of drug-likeness (QED) is 0.138. The minimum Gasteiger partial charge on any atom is -0.354 e. The highest BCUT2D eigenvalue weighted by Gasteiger charge is 2.31. The Hall–Kier alpha value is -7.32. The summed E-state index contributed by atoms with van der Waals surface area (Å²) in [6.07, 6.45) is 36.1. The standard InChI is InChI=1S/C55H42N2.CH3N/c1-3-16-43-36(2)31-52(57-55(43)39-17-6-4-7-18-39)38-29-27-37(28-30-38)42-34-53(50-32-40-19-10-12-21-44(40)46-23-8-5-9-24-48(46)50)56-54(35-42)51-33-41-20-11-13-22-45(41)47-25-14-15-26-49(47)51;1-2/h3-8,10-17,19-35,47,49,57H,18H2,1-2H3;2H,1H2/b16-3-,55-39-;. The van der Waals surface area contributed by atoms with E-state index in [4.69, 9.17) is 10.4 Å². The SMILES string of the molecule is C/C=C\C1=C(C)C=C(c2ccc(-c3cc(C4=Cc5ccccc5C5C=CC=CC45)nc(-c4cc5ccccc5c5c4C=C=CC=C5)c3)cc2)N/C1=C1/C=CC=CC1.C=N. The third kappa shape index (κ3) is 7.03. The van der Waals surface area contributed by atoms with Crippen molar-refractivity contribution >= 4 is 47.0 Å². The zero-order chi connectivity index (χ0) is 40.3. The van der Waals surface area contributed by atoms with Crippen LogP contribution < -0.4 is 5.32 Å². The summed E-state index contributed by atoms with van der Waals surface area (Å²) in [6.45, 7) is 6.79. The first-order valence-electron chi connectivity index (χ1n) is 20.3. The van der Waals surface area contributed by atoms with E-state index in [-0.39, 0.29) is 11.8 Å². The Bertz CT molecular complexity index is 2900. The Morgan fingerprint density at radius 2 is 1.54 bits per heavy atom. The molecule has 0 fully saturated rings. The number of nitrogens with zero attached hydrogens (tertiary/aromatic N) is 1. The van der Waals surface area contributed by atoms with Gasteiger partial charge in [-0.15, -0.1) is 5.73 Å². The molecule has 2 unspecified atom stereocenters. The van der Waals surface area contributed by atoms with Crippen LogP contribution in [-0.4, -0.2) is 11.7 Å². The number of fused-ring (bicyclic) bond motifs is 6. The van der Waals surface area contributed by atoms with Gasteiger partial charge < -0.3 is 10.7 Å². The number of dihydropyridines is 1. The summed E-state index contributed by atoms with van der Waals surface area (Å²) >= 11 is 0. The van der Waals surface area contributed by atoms with Gasteiger partial charge in [0.05, 0.1) is 11.4 Å². The lowest BCUT2D eigenvalue weighted by Crippen LogP contribution is -2.20. The lowest BCUT2D eigenvalue weighted by molar-refractivity contribution is 0.706. The molecule has 1 aliphatic heterocycles. The van der Waals surface area contributed by atoms with Crippen molar-refractivity contribution in [3.8, 4) is 22.4 Å². The van der Waals surface area contributed by atoms with E-state index in [1.807, 2.05) is 6.08 Å². The Labute approximate surface area is 347 Å². The van der Waals surface area contributed by atoms with Gasteiger partial charge in [0.15, 0.2) is 0 Å². The van der Waals surface area contributed by atoms with Crippen LogP contribution in [-0.2, 0) is 0 Å². The highest BCUT2D eigenvalue weighted by molar-refractivity contribution is 6.00. The second-order valence-corrected chi connectivity index (χ2v) is 15.2. The van der Waals surface area contributed by atoms with Crippen molar-refractivity contribution in [2.45, 2.75) is 26.2 Å². The number of pyridine rings is 1. The van der Waals surface area contributed by atoms with Crippen LogP contribution in [0.15, 0.2) is 198 Å². The molecular formula is C56H45N3. The molecule has 3 heteroatoms. The van der Waals surface area contributed by atoms with E-state index in [2.05, 4.69) is 214 Å². The second-order valence-electron chi connectivity index (χ2n) is 15.2. The maximum atomic E-state index is 5.58. The first-order chi connectivity index (χ1) is 29.1. The van der Waals surface area contributed by atoms with E-state index in [0.29, 0.717) is 0 Å². The van der Waals surface area contributed by atoms with Crippen LogP contribution in [0.1, 0.15) is 59.7 Å². The smallest absolute Gasteiger partial charge is 0.0722 e. The van der Waals surface area contributed by atoms with Gasteiger partial charge in [-0.3, -0.25) is 0 Å². The molecule has 0 saturated carbocycles. The summed E-state index contributed by atoms with van der Waals surface area (Å²) in [5, 5.41) is 11.8. The fraction of sp³-hybridized carbons (Fsp3) is 0.0893. The van der Waals surface area contributed by atoms with Crippen LogP contribution in [0.3, 0.4) is 0 Å². The summed E-state index contributed by atoms with van der Waals surface area (Å²) in [6, 6.07) is 33.4. The van der Waals surface area contributed by atoms with Gasteiger partial charge in [0.2, 0.25) is 0 Å². The molecular weight excluding hydrogens is 715 g/mol. The van der Waals surface area contributed by atoms with E-state index in [1.54, 1.807) is 0 Å². The van der Waals surface area contributed by atoms with Gasteiger partial charge in [-0.2, -0.15) is 0 Å². The van der Waals surface area contributed by atoms with E-state index >= 15 is 0 Å². The number of rotatable bonds is 5. The van der Waals surface area contributed by atoms with Gasteiger partial charge >= 0.3 is 0 Å². The number of hydrogen-bond acceptors (Lipinski definition) is 3. The normalized spacial score (nSPS) is 19.7. The average Bonchev–Trinajstić information content (AvgIpc) is 3.57. The molecule has 0 saturated heterocycles. The largest absolute Gasteiger partial charge is 0.354 e. The van der Waals surface area contributed by atoms with Crippen LogP contribution in [0.25, 0.3) is 62.7 Å². The molecule has 284 valence electrons. The van der Waals surface area contributed by atoms with Crippen molar-refractivity contribution in [3.63, 3.8) is 0 Å². The predicted octanol–water partition coefficient (Wildman–Crippen LogP) is 14.0. The van der Waals surface area contributed by atoms with Crippen LogP contribution in [0.2, 0.25) is 0 Å². The third-order valence-corrected chi connectivity index (χ3v) is 11.8. The maximum Gasteiger partial charge on any atom is 0.0722 e. The number of nitrogens with one attached hydrogen (secondary N) is 2. The van der Waals surface area contributed by atoms with Gasteiger partial charge in [0.1, 0.15) is 0 Å². The number of aromatic nitrogens is 1. The molecule has 0 amide bonds. The van der Waals surface area contributed by atoms with Crippen molar-refractivity contribution in [1.82, 2.24) is 10.3 Å². The van der Waals surface area contributed by atoms with E-state index < -0.39 is 0 Å². The molecule has 5 aliphatic rings. The molecule has 2 atom stereocenters. The van der Waals surface area contributed by atoms with Gasteiger partial charge in [-0.05, 0) is 136 Å². The summed E-state index contributed by atoms with van der Waals surface area (Å²) in [5.74, 6) is 0.449.